The number of hydrogen-bond acceptors (Lipinski definition) is 3. The summed E-state index contributed by atoms with van der Waals surface area (Å²) in [5.41, 5.74) is 1.07. The van der Waals surface area contributed by atoms with Crippen LogP contribution in [0.5, 0.6) is 0 Å². The van der Waals surface area contributed by atoms with Crippen molar-refractivity contribution in [2.45, 2.75) is 83.0 Å². The molecule has 4 heteroatoms. The molecule has 0 bridgehead atoms. The fourth-order valence-electron chi connectivity index (χ4n) is 3.86. The summed E-state index contributed by atoms with van der Waals surface area (Å²) in [5.74, 6) is 0. The van der Waals surface area contributed by atoms with Crippen LogP contribution in [0.4, 0.5) is 0 Å². The summed E-state index contributed by atoms with van der Waals surface area (Å²) < 4.78 is 17.5. The van der Waals surface area contributed by atoms with Crippen molar-refractivity contribution in [1.29, 1.82) is 0 Å². The van der Waals surface area contributed by atoms with Crippen molar-refractivity contribution >= 4 is 18.4 Å². The van der Waals surface area contributed by atoms with E-state index in [0.717, 1.165) is 12.2 Å². The van der Waals surface area contributed by atoms with Crippen LogP contribution in [0.1, 0.15) is 71.1 Å². The number of unbranched alkanes of at least 4 members (excludes halogenated alkanes) is 3. The molecule has 0 aliphatic carbocycles. The van der Waals surface area contributed by atoms with Gasteiger partial charge in [0.2, 0.25) is 0 Å². The van der Waals surface area contributed by atoms with Gasteiger partial charge < -0.3 is 0 Å². The molecule has 1 aliphatic heterocycles. The van der Waals surface area contributed by atoms with Crippen LogP contribution in [0.3, 0.4) is 0 Å². The first-order chi connectivity index (χ1) is 11.8. The zero-order chi connectivity index (χ0) is 17.3. The van der Waals surface area contributed by atoms with Gasteiger partial charge in [0.1, 0.15) is 0 Å². The van der Waals surface area contributed by atoms with Crippen molar-refractivity contribution in [3.63, 3.8) is 0 Å². The maximum absolute atomic E-state index is 6.54. The Kier molecular flexibility index (Phi) is 9.06. The van der Waals surface area contributed by atoms with Crippen molar-refractivity contribution in [1.82, 2.24) is 4.98 Å². The van der Waals surface area contributed by atoms with Crippen LogP contribution < -0.4 is 0 Å². The molecule has 1 saturated heterocycles. The summed E-state index contributed by atoms with van der Waals surface area (Å²) >= 11 is -2.36. The summed E-state index contributed by atoms with van der Waals surface area (Å²) in [5, 5.41) is 0. The van der Waals surface area contributed by atoms with Gasteiger partial charge in [-0.3, -0.25) is 0 Å². The van der Waals surface area contributed by atoms with Crippen molar-refractivity contribution < 1.29 is 9.47 Å². The first-order valence-electron chi connectivity index (χ1n) is 9.92. The molecule has 0 spiro atoms. The topological polar surface area (TPSA) is 31.4 Å². The van der Waals surface area contributed by atoms with Gasteiger partial charge in [0.05, 0.1) is 0 Å². The third-order valence-electron chi connectivity index (χ3n) is 5.41. The van der Waals surface area contributed by atoms with Gasteiger partial charge in [0.25, 0.3) is 0 Å². The molecule has 0 radical (unpaired) electrons. The Balaban J connectivity index is 2.12. The zero-order valence-corrected chi connectivity index (χ0v) is 18.7. The Bertz CT molecular complexity index is 432. The van der Waals surface area contributed by atoms with Crippen molar-refractivity contribution in [3.05, 3.63) is 30.1 Å². The van der Waals surface area contributed by atoms with Crippen LogP contribution in [0.15, 0.2) is 24.5 Å². The summed E-state index contributed by atoms with van der Waals surface area (Å²) in [6, 6.07) is 4.04. The van der Waals surface area contributed by atoms with E-state index in [1.807, 2.05) is 18.5 Å². The molecule has 1 aromatic rings. The van der Waals surface area contributed by atoms with Crippen LogP contribution >= 0.6 is 0 Å². The van der Waals surface area contributed by atoms with Crippen LogP contribution in [0.2, 0.25) is 13.3 Å². The summed E-state index contributed by atoms with van der Waals surface area (Å²) in [6.45, 7) is 7.77. The van der Waals surface area contributed by atoms with Gasteiger partial charge in [0, 0.05) is 0 Å². The molecule has 2 rings (SSSR count). The van der Waals surface area contributed by atoms with Gasteiger partial charge in [-0.1, -0.05) is 0 Å². The molecule has 2 heterocycles. The van der Waals surface area contributed by atoms with Crippen LogP contribution in [-0.2, 0) is 9.47 Å². The molecule has 136 valence electrons. The van der Waals surface area contributed by atoms with E-state index in [0.29, 0.717) is 4.12 Å². The van der Waals surface area contributed by atoms with E-state index >= 15 is 0 Å². The first kappa shape index (κ1) is 20.2. The summed E-state index contributed by atoms with van der Waals surface area (Å²) in [4.78, 5) is 4.22. The molecule has 0 saturated carbocycles. The van der Waals surface area contributed by atoms with Crippen LogP contribution in [0.25, 0.3) is 0 Å². The molecule has 0 aromatic carbocycles. The quantitative estimate of drug-likeness (QED) is 0.403. The summed E-state index contributed by atoms with van der Waals surface area (Å²) in [6.07, 6.45) is 11.5. The average Bonchev–Trinajstić information content (AvgIpc) is 3.13. The third-order valence-corrected chi connectivity index (χ3v) is 21.7. The van der Waals surface area contributed by atoms with Gasteiger partial charge >= 0.3 is 153 Å². The van der Waals surface area contributed by atoms with Crippen LogP contribution in [-0.4, -0.2) is 34.1 Å². The van der Waals surface area contributed by atoms with E-state index < -0.39 is 18.4 Å². The monoisotopic (exact) mass is 441 g/mol. The molecule has 1 aromatic heterocycles. The standard InChI is InChI=1S/C8H8NO2.3C4H9.Sn/c1-2-7(6-9-3-1)8-10-4-5-11-8;3*1-3-4-2;/h1-4,6,8H,5H2;3*1,3-4H2,2H3;. The SMILES string of the molecule is CCC[CH2][Sn]([CH2]CCC)([CH2]CCC)[CH]1COC(c2cccnc2)O1. The van der Waals surface area contributed by atoms with Gasteiger partial charge in [-0.05, 0) is 0 Å². The van der Waals surface area contributed by atoms with E-state index in [1.165, 1.54) is 51.8 Å². The first-order valence-corrected chi connectivity index (χ1v) is 17.6. The third kappa shape index (κ3) is 5.43. The molecule has 2 unspecified atom stereocenters. The Morgan fingerprint density at radius 2 is 1.67 bits per heavy atom. The minimum atomic E-state index is -2.36. The Hall–Kier alpha value is -0.131. The van der Waals surface area contributed by atoms with E-state index in [2.05, 4.69) is 31.8 Å². The number of nitrogens with zero attached hydrogens (tertiary/aromatic N) is 1. The molecule has 3 nitrogen and oxygen atoms in total. The van der Waals surface area contributed by atoms with Crippen LogP contribution in [0, 0.1) is 0 Å². The predicted octanol–water partition coefficient (Wildman–Crippen LogP) is 5.88. The second-order valence-electron chi connectivity index (χ2n) is 7.25. The fraction of sp³-hybridized carbons (Fsp3) is 0.750. The molecule has 0 N–H and O–H groups in total. The number of rotatable bonds is 11. The molecule has 2 atom stereocenters. The van der Waals surface area contributed by atoms with Gasteiger partial charge in [-0.15, -0.1) is 0 Å². The summed E-state index contributed by atoms with van der Waals surface area (Å²) in [7, 11) is 0. The molecule has 1 fully saturated rings. The zero-order valence-electron chi connectivity index (χ0n) is 15.8. The second-order valence-corrected chi connectivity index (χ2v) is 21.1. The maximum atomic E-state index is 6.54. The normalized spacial score (nSPS) is 21.3. The molecule has 24 heavy (non-hydrogen) atoms. The number of pyridine rings is 1. The van der Waals surface area contributed by atoms with Crippen molar-refractivity contribution in [3.8, 4) is 0 Å². The molecular formula is C20H35NO2Sn. The average molecular weight is 440 g/mol. The van der Waals surface area contributed by atoms with Crippen molar-refractivity contribution in [2.24, 2.45) is 0 Å². The Morgan fingerprint density at radius 3 is 2.17 bits per heavy atom. The van der Waals surface area contributed by atoms with E-state index in [-0.39, 0.29) is 6.29 Å². The second kappa shape index (κ2) is 10.8. The van der Waals surface area contributed by atoms with E-state index in [4.69, 9.17) is 9.47 Å². The molecular weight excluding hydrogens is 405 g/mol. The van der Waals surface area contributed by atoms with E-state index in [1.54, 1.807) is 0 Å². The van der Waals surface area contributed by atoms with E-state index in [9.17, 15) is 0 Å². The minimum absolute atomic E-state index is 0.190. The van der Waals surface area contributed by atoms with Gasteiger partial charge in [-0.2, -0.15) is 0 Å². The Labute approximate surface area is 152 Å². The molecule has 0 amide bonds. The Morgan fingerprint density at radius 1 is 1.04 bits per heavy atom. The molecule has 1 aliphatic rings. The van der Waals surface area contributed by atoms with Gasteiger partial charge in [-0.25, -0.2) is 0 Å². The number of aromatic nitrogens is 1. The number of hydrogen-bond donors (Lipinski definition) is 0. The van der Waals surface area contributed by atoms with Gasteiger partial charge in [0.15, 0.2) is 0 Å². The fourth-order valence-corrected chi connectivity index (χ4v) is 20.3. The predicted molar refractivity (Wildman–Crippen MR) is 103 cm³/mol. The number of ether oxygens (including phenoxy) is 2. The van der Waals surface area contributed by atoms with Crippen molar-refractivity contribution in [2.75, 3.05) is 6.61 Å².